The van der Waals surface area contributed by atoms with E-state index in [-0.39, 0.29) is 17.4 Å². The SMILES string of the molecule is CC(C)[C@@H](NC(=O)c1c(F)cccc1F)C(=O)NCC1(N2CCCCC2)CCCCC1. The van der Waals surface area contributed by atoms with Crippen LogP contribution in [0.25, 0.3) is 0 Å². The average Bonchev–Trinajstić information content (AvgIpc) is 2.77. The number of hydrogen-bond acceptors (Lipinski definition) is 3. The Bertz CT molecular complexity index is 752. The summed E-state index contributed by atoms with van der Waals surface area (Å²) in [5.74, 6) is -3.32. The highest BCUT2D eigenvalue weighted by atomic mass is 19.1. The summed E-state index contributed by atoms with van der Waals surface area (Å²) in [7, 11) is 0. The molecule has 172 valence electrons. The fraction of sp³-hybridized carbons (Fsp3) is 0.667. The second-order valence-corrected chi connectivity index (χ2v) is 9.34. The van der Waals surface area contributed by atoms with Crippen molar-refractivity contribution in [3.8, 4) is 0 Å². The van der Waals surface area contributed by atoms with Gasteiger partial charge in [-0.1, -0.05) is 45.6 Å². The quantitative estimate of drug-likeness (QED) is 0.680. The van der Waals surface area contributed by atoms with E-state index in [9.17, 15) is 18.4 Å². The van der Waals surface area contributed by atoms with Crippen LogP contribution in [-0.4, -0.2) is 47.9 Å². The van der Waals surface area contributed by atoms with Gasteiger partial charge in [0.05, 0.1) is 0 Å². The van der Waals surface area contributed by atoms with Crippen LogP contribution in [0, 0.1) is 17.6 Å². The van der Waals surface area contributed by atoms with Crippen LogP contribution in [0.15, 0.2) is 18.2 Å². The maximum atomic E-state index is 14.0. The van der Waals surface area contributed by atoms with Crippen molar-refractivity contribution in [2.24, 2.45) is 5.92 Å². The van der Waals surface area contributed by atoms with Crippen LogP contribution in [0.3, 0.4) is 0 Å². The molecule has 3 rings (SSSR count). The Balaban J connectivity index is 1.69. The number of carbonyl (C=O) groups is 2. The van der Waals surface area contributed by atoms with Gasteiger partial charge in [-0.05, 0) is 56.8 Å². The summed E-state index contributed by atoms with van der Waals surface area (Å²) in [5, 5.41) is 5.62. The zero-order valence-corrected chi connectivity index (χ0v) is 18.7. The number of halogens is 2. The van der Waals surface area contributed by atoms with E-state index < -0.39 is 29.1 Å². The number of benzene rings is 1. The standard InChI is InChI=1S/C24H35F2N3O2/c1-17(2)21(28-22(30)20-18(25)10-9-11-19(20)26)23(31)27-16-24(12-5-3-6-13-24)29-14-7-4-8-15-29/h9-11,17,21H,3-8,12-16H2,1-2H3,(H,27,31)(H,28,30)/t21-/m1/s1. The van der Waals surface area contributed by atoms with Crippen molar-refractivity contribution in [2.75, 3.05) is 19.6 Å². The van der Waals surface area contributed by atoms with Crippen molar-refractivity contribution in [3.05, 3.63) is 35.4 Å². The van der Waals surface area contributed by atoms with Crippen molar-refractivity contribution >= 4 is 11.8 Å². The summed E-state index contributed by atoms with van der Waals surface area (Å²) in [4.78, 5) is 28.1. The molecule has 2 amide bonds. The molecule has 1 aromatic carbocycles. The Hall–Kier alpha value is -2.02. The minimum atomic E-state index is -0.938. The lowest BCUT2D eigenvalue weighted by Gasteiger charge is -2.48. The van der Waals surface area contributed by atoms with E-state index >= 15 is 0 Å². The predicted molar refractivity (Wildman–Crippen MR) is 117 cm³/mol. The molecule has 5 nitrogen and oxygen atoms in total. The van der Waals surface area contributed by atoms with E-state index in [1.165, 1.54) is 31.7 Å². The summed E-state index contributed by atoms with van der Waals surface area (Å²) in [6.07, 6.45) is 9.30. The van der Waals surface area contributed by atoms with Crippen molar-refractivity contribution in [3.63, 3.8) is 0 Å². The molecule has 7 heteroatoms. The summed E-state index contributed by atoms with van der Waals surface area (Å²) >= 11 is 0. The Morgan fingerprint density at radius 3 is 2.16 bits per heavy atom. The van der Waals surface area contributed by atoms with Gasteiger partial charge in [-0.15, -0.1) is 0 Å². The Labute approximate surface area is 184 Å². The summed E-state index contributed by atoms with van der Waals surface area (Å²) in [5.41, 5.74) is -0.685. The normalized spacial score (nSPS) is 20.3. The molecule has 1 saturated carbocycles. The van der Waals surface area contributed by atoms with E-state index in [1.807, 2.05) is 13.8 Å². The lowest BCUT2D eigenvalue weighted by molar-refractivity contribution is -0.125. The number of carbonyl (C=O) groups excluding carboxylic acids is 2. The van der Waals surface area contributed by atoms with Crippen LogP contribution in [-0.2, 0) is 4.79 Å². The number of nitrogens with one attached hydrogen (secondary N) is 2. The van der Waals surface area contributed by atoms with Crippen LogP contribution in [0.2, 0.25) is 0 Å². The highest BCUT2D eigenvalue weighted by Gasteiger charge is 2.39. The molecule has 1 atom stereocenters. The molecule has 0 aromatic heterocycles. The monoisotopic (exact) mass is 435 g/mol. The number of amides is 2. The van der Waals surface area contributed by atoms with Crippen LogP contribution >= 0.6 is 0 Å². The first-order chi connectivity index (χ1) is 14.8. The molecular formula is C24H35F2N3O2. The maximum Gasteiger partial charge on any atom is 0.257 e. The summed E-state index contributed by atoms with van der Waals surface area (Å²) in [6.45, 7) is 6.28. The third-order valence-corrected chi connectivity index (χ3v) is 6.83. The van der Waals surface area contributed by atoms with Gasteiger partial charge in [0.1, 0.15) is 23.2 Å². The van der Waals surface area contributed by atoms with E-state index in [0.29, 0.717) is 6.54 Å². The molecule has 1 aliphatic carbocycles. The minimum absolute atomic E-state index is 0.0302. The molecule has 0 bridgehead atoms. The zero-order chi connectivity index (χ0) is 22.4. The van der Waals surface area contributed by atoms with Crippen LogP contribution in [0.5, 0.6) is 0 Å². The van der Waals surface area contributed by atoms with E-state index in [1.54, 1.807) is 0 Å². The van der Waals surface area contributed by atoms with E-state index in [4.69, 9.17) is 0 Å². The Morgan fingerprint density at radius 2 is 1.58 bits per heavy atom. The van der Waals surface area contributed by atoms with Crippen molar-refractivity contribution < 1.29 is 18.4 Å². The number of rotatable bonds is 7. The summed E-state index contributed by atoms with van der Waals surface area (Å²) in [6, 6.07) is 2.41. The fourth-order valence-corrected chi connectivity index (χ4v) is 5.01. The van der Waals surface area contributed by atoms with Crippen LogP contribution in [0.1, 0.15) is 75.6 Å². The molecule has 0 spiro atoms. The Morgan fingerprint density at radius 1 is 1.00 bits per heavy atom. The topological polar surface area (TPSA) is 61.4 Å². The number of likely N-dealkylation sites (tertiary alicyclic amines) is 1. The molecule has 2 fully saturated rings. The first-order valence-corrected chi connectivity index (χ1v) is 11.6. The molecule has 1 aliphatic heterocycles. The van der Waals surface area contributed by atoms with Crippen molar-refractivity contribution in [2.45, 2.75) is 76.8 Å². The lowest BCUT2D eigenvalue weighted by Crippen LogP contribution is -2.60. The smallest absolute Gasteiger partial charge is 0.257 e. The van der Waals surface area contributed by atoms with Crippen molar-refractivity contribution in [1.82, 2.24) is 15.5 Å². The van der Waals surface area contributed by atoms with Gasteiger partial charge in [0.25, 0.3) is 5.91 Å². The molecule has 1 aromatic rings. The van der Waals surface area contributed by atoms with Gasteiger partial charge in [0.2, 0.25) is 5.91 Å². The van der Waals surface area contributed by atoms with E-state index in [0.717, 1.165) is 50.9 Å². The first kappa shape index (κ1) is 23.6. The van der Waals surface area contributed by atoms with E-state index in [2.05, 4.69) is 15.5 Å². The van der Waals surface area contributed by atoms with Crippen LogP contribution in [0.4, 0.5) is 8.78 Å². The third-order valence-electron chi connectivity index (χ3n) is 6.83. The largest absolute Gasteiger partial charge is 0.352 e. The second-order valence-electron chi connectivity index (χ2n) is 9.34. The molecule has 1 saturated heterocycles. The average molecular weight is 436 g/mol. The maximum absolute atomic E-state index is 14.0. The fourth-order valence-electron chi connectivity index (χ4n) is 5.01. The predicted octanol–water partition coefficient (Wildman–Crippen LogP) is 4.02. The number of hydrogen-bond donors (Lipinski definition) is 2. The van der Waals surface area contributed by atoms with Gasteiger partial charge < -0.3 is 10.6 Å². The molecule has 31 heavy (non-hydrogen) atoms. The van der Waals surface area contributed by atoms with Gasteiger partial charge in [-0.25, -0.2) is 8.78 Å². The highest BCUT2D eigenvalue weighted by molar-refractivity contribution is 5.98. The van der Waals surface area contributed by atoms with Crippen LogP contribution < -0.4 is 10.6 Å². The molecule has 0 radical (unpaired) electrons. The van der Waals surface area contributed by atoms with Crippen molar-refractivity contribution in [1.29, 1.82) is 0 Å². The minimum Gasteiger partial charge on any atom is -0.352 e. The second kappa shape index (κ2) is 10.5. The highest BCUT2D eigenvalue weighted by Crippen LogP contribution is 2.35. The summed E-state index contributed by atoms with van der Waals surface area (Å²) < 4.78 is 28.0. The molecule has 0 unspecified atom stereocenters. The third kappa shape index (κ3) is 5.62. The molecule has 2 aliphatic rings. The first-order valence-electron chi connectivity index (χ1n) is 11.6. The lowest BCUT2D eigenvalue weighted by atomic mass is 9.79. The number of piperidine rings is 1. The van der Waals surface area contributed by atoms with Gasteiger partial charge in [0, 0.05) is 12.1 Å². The molecular weight excluding hydrogens is 400 g/mol. The van der Waals surface area contributed by atoms with Gasteiger partial charge >= 0.3 is 0 Å². The number of nitrogens with zero attached hydrogens (tertiary/aromatic N) is 1. The Kier molecular flexibility index (Phi) is 8.03. The molecule has 1 heterocycles. The zero-order valence-electron chi connectivity index (χ0n) is 18.7. The van der Waals surface area contributed by atoms with Gasteiger partial charge in [-0.3, -0.25) is 14.5 Å². The van der Waals surface area contributed by atoms with Gasteiger partial charge in [-0.2, -0.15) is 0 Å². The molecule has 2 N–H and O–H groups in total. The van der Waals surface area contributed by atoms with Gasteiger partial charge in [0.15, 0.2) is 0 Å².